The maximum atomic E-state index is 11.8. The molecule has 0 aliphatic heterocycles. The van der Waals surface area contributed by atoms with Gasteiger partial charge < -0.3 is 15.8 Å². The van der Waals surface area contributed by atoms with Crippen molar-refractivity contribution in [1.29, 1.82) is 0 Å². The van der Waals surface area contributed by atoms with Gasteiger partial charge in [0, 0.05) is 18.7 Å². The molecule has 1 rings (SSSR count). The topological polar surface area (TPSA) is 67.6 Å². The SMILES string of the molecule is CCCN(CC(=O)NC)C(c1ccccc1OC)C(C)N. The van der Waals surface area contributed by atoms with Gasteiger partial charge in [0.25, 0.3) is 0 Å². The summed E-state index contributed by atoms with van der Waals surface area (Å²) >= 11 is 0. The Labute approximate surface area is 127 Å². The van der Waals surface area contributed by atoms with Crippen LogP contribution in [0.15, 0.2) is 24.3 Å². The van der Waals surface area contributed by atoms with E-state index in [1.54, 1.807) is 14.2 Å². The standard InChI is InChI=1S/C16H27N3O2/c1-5-10-19(11-15(20)18-3)16(12(2)17)13-8-6-7-9-14(13)21-4/h6-9,12,16H,5,10-11,17H2,1-4H3,(H,18,20). The van der Waals surface area contributed by atoms with Gasteiger partial charge in [-0.1, -0.05) is 25.1 Å². The van der Waals surface area contributed by atoms with Gasteiger partial charge in [0.05, 0.1) is 19.7 Å². The Morgan fingerprint density at radius 3 is 2.62 bits per heavy atom. The minimum Gasteiger partial charge on any atom is -0.496 e. The molecule has 0 aliphatic rings. The van der Waals surface area contributed by atoms with Crippen molar-refractivity contribution in [2.24, 2.45) is 5.73 Å². The monoisotopic (exact) mass is 293 g/mol. The van der Waals surface area contributed by atoms with Crippen molar-refractivity contribution < 1.29 is 9.53 Å². The minimum absolute atomic E-state index is 0.0102. The van der Waals surface area contributed by atoms with Crippen LogP contribution in [0.1, 0.15) is 31.9 Å². The smallest absolute Gasteiger partial charge is 0.233 e. The van der Waals surface area contributed by atoms with E-state index in [9.17, 15) is 4.79 Å². The molecule has 1 aromatic rings. The van der Waals surface area contributed by atoms with Crippen molar-refractivity contribution in [1.82, 2.24) is 10.2 Å². The fourth-order valence-electron chi connectivity index (χ4n) is 2.59. The van der Waals surface area contributed by atoms with Crippen molar-refractivity contribution >= 4 is 5.91 Å². The number of hydrogen-bond acceptors (Lipinski definition) is 4. The number of benzene rings is 1. The zero-order valence-corrected chi connectivity index (χ0v) is 13.4. The highest BCUT2D eigenvalue weighted by molar-refractivity contribution is 5.77. The van der Waals surface area contributed by atoms with E-state index in [2.05, 4.69) is 17.1 Å². The number of methoxy groups -OCH3 is 1. The van der Waals surface area contributed by atoms with Crippen LogP contribution in [0.4, 0.5) is 0 Å². The Balaban J connectivity index is 3.14. The molecule has 21 heavy (non-hydrogen) atoms. The molecule has 0 aliphatic carbocycles. The Kier molecular flexibility index (Phi) is 7.19. The summed E-state index contributed by atoms with van der Waals surface area (Å²) in [6.07, 6.45) is 0.954. The quantitative estimate of drug-likeness (QED) is 0.763. The van der Waals surface area contributed by atoms with E-state index < -0.39 is 0 Å². The molecule has 3 N–H and O–H groups in total. The number of para-hydroxylation sites is 1. The fraction of sp³-hybridized carbons (Fsp3) is 0.562. The average Bonchev–Trinajstić information content (AvgIpc) is 2.47. The minimum atomic E-state index is -0.113. The average molecular weight is 293 g/mol. The first-order chi connectivity index (χ1) is 10.0. The van der Waals surface area contributed by atoms with Crippen LogP contribution < -0.4 is 15.8 Å². The van der Waals surface area contributed by atoms with Crippen LogP contribution in [0.3, 0.4) is 0 Å². The molecule has 2 atom stereocenters. The van der Waals surface area contributed by atoms with Crippen molar-refractivity contribution in [3.63, 3.8) is 0 Å². The summed E-state index contributed by atoms with van der Waals surface area (Å²) in [5.41, 5.74) is 7.23. The molecule has 1 amide bonds. The van der Waals surface area contributed by atoms with Gasteiger partial charge in [-0.2, -0.15) is 0 Å². The molecule has 5 nitrogen and oxygen atoms in total. The third-order valence-corrected chi connectivity index (χ3v) is 3.49. The van der Waals surface area contributed by atoms with Gasteiger partial charge in [-0.05, 0) is 26.0 Å². The number of amides is 1. The molecule has 0 heterocycles. The van der Waals surface area contributed by atoms with Gasteiger partial charge in [0.15, 0.2) is 0 Å². The van der Waals surface area contributed by atoms with Gasteiger partial charge in [-0.25, -0.2) is 0 Å². The molecular weight excluding hydrogens is 266 g/mol. The van der Waals surface area contributed by atoms with E-state index in [-0.39, 0.29) is 18.0 Å². The van der Waals surface area contributed by atoms with Crippen LogP contribution in [0.2, 0.25) is 0 Å². The largest absolute Gasteiger partial charge is 0.496 e. The summed E-state index contributed by atoms with van der Waals surface area (Å²) in [5, 5.41) is 2.68. The third kappa shape index (κ3) is 4.72. The lowest BCUT2D eigenvalue weighted by Gasteiger charge is -2.34. The van der Waals surface area contributed by atoms with E-state index >= 15 is 0 Å². The first-order valence-corrected chi connectivity index (χ1v) is 7.38. The van der Waals surface area contributed by atoms with Crippen molar-refractivity contribution in [2.75, 3.05) is 27.2 Å². The number of nitrogens with one attached hydrogen (secondary N) is 1. The fourth-order valence-corrected chi connectivity index (χ4v) is 2.59. The molecule has 0 saturated heterocycles. The van der Waals surface area contributed by atoms with Gasteiger partial charge in [0.2, 0.25) is 5.91 Å². The van der Waals surface area contributed by atoms with Gasteiger partial charge >= 0.3 is 0 Å². The number of carbonyl (C=O) groups excluding carboxylic acids is 1. The van der Waals surface area contributed by atoms with Crippen molar-refractivity contribution in [3.8, 4) is 5.75 Å². The first-order valence-electron chi connectivity index (χ1n) is 7.38. The molecule has 0 fully saturated rings. The molecule has 1 aromatic carbocycles. The lowest BCUT2D eigenvalue weighted by atomic mass is 9.97. The molecule has 0 saturated carbocycles. The number of likely N-dealkylation sites (N-methyl/N-ethyl adjacent to an activating group) is 1. The van der Waals surface area contributed by atoms with Gasteiger partial charge in [-0.15, -0.1) is 0 Å². The molecule has 0 spiro atoms. The normalized spacial score (nSPS) is 13.8. The maximum Gasteiger partial charge on any atom is 0.233 e. The number of ether oxygens (including phenoxy) is 1. The zero-order valence-electron chi connectivity index (χ0n) is 13.4. The Bertz CT molecular complexity index is 449. The Morgan fingerprint density at radius 1 is 1.43 bits per heavy atom. The lowest BCUT2D eigenvalue weighted by molar-refractivity contribution is -0.122. The number of nitrogens with zero attached hydrogens (tertiary/aromatic N) is 1. The molecule has 0 bridgehead atoms. The van der Waals surface area contributed by atoms with E-state index in [0.29, 0.717) is 6.54 Å². The summed E-state index contributed by atoms with van der Waals surface area (Å²) < 4.78 is 5.45. The van der Waals surface area contributed by atoms with E-state index in [1.807, 2.05) is 31.2 Å². The maximum absolute atomic E-state index is 11.8. The summed E-state index contributed by atoms with van der Waals surface area (Å²) in [7, 11) is 3.30. The van der Waals surface area contributed by atoms with Crippen molar-refractivity contribution in [2.45, 2.75) is 32.4 Å². The molecular formula is C16H27N3O2. The summed E-state index contributed by atoms with van der Waals surface area (Å²) in [6.45, 7) is 5.19. The highest BCUT2D eigenvalue weighted by atomic mass is 16.5. The van der Waals surface area contributed by atoms with Crippen LogP contribution >= 0.6 is 0 Å². The number of carbonyl (C=O) groups is 1. The summed E-state index contributed by atoms with van der Waals surface area (Å²) in [6, 6.07) is 7.67. The van der Waals surface area contributed by atoms with Crippen LogP contribution in [0.5, 0.6) is 5.75 Å². The zero-order chi connectivity index (χ0) is 15.8. The summed E-state index contributed by atoms with van der Waals surface area (Å²) in [4.78, 5) is 13.9. The first kappa shape index (κ1) is 17.5. The van der Waals surface area contributed by atoms with Crippen LogP contribution in [-0.4, -0.2) is 44.1 Å². The number of rotatable bonds is 8. The summed E-state index contributed by atoms with van der Waals surface area (Å²) in [5.74, 6) is 0.793. The molecule has 0 radical (unpaired) electrons. The van der Waals surface area contributed by atoms with Gasteiger partial charge in [-0.3, -0.25) is 9.69 Å². The Morgan fingerprint density at radius 2 is 2.10 bits per heavy atom. The molecule has 0 aromatic heterocycles. The van der Waals surface area contributed by atoms with E-state index in [4.69, 9.17) is 10.5 Å². The second-order valence-corrected chi connectivity index (χ2v) is 5.19. The van der Waals surface area contributed by atoms with Crippen LogP contribution in [-0.2, 0) is 4.79 Å². The number of hydrogen-bond donors (Lipinski definition) is 2. The molecule has 5 heteroatoms. The molecule has 2 unspecified atom stereocenters. The second-order valence-electron chi connectivity index (χ2n) is 5.19. The number of nitrogens with two attached hydrogens (primary N) is 1. The van der Waals surface area contributed by atoms with Gasteiger partial charge in [0.1, 0.15) is 5.75 Å². The van der Waals surface area contributed by atoms with E-state index in [1.165, 1.54) is 0 Å². The molecule has 118 valence electrons. The van der Waals surface area contributed by atoms with Crippen LogP contribution in [0, 0.1) is 0 Å². The predicted octanol–water partition coefficient (Wildman–Crippen LogP) is 1.54. The highest BCUT2D eigenvalue weighted by Crippen LogP contribution is 2.31. The second kappa shape index (κ2) is 8.64. The predicted molar refractivity (Wildman–Crippen MR) is 85.3 cm³/mol. The highest BCUT2D eigenvalue weighted by Gasteiger charge is 2.27. The van der Waals surface area contributed by atoms with Crippen molar-refractivity contribution in [3.05, 3.63) is 29.8 Å². The lowest BCUT2D eigenvalue weighted by Crippen LogP contribution is -2.44. The third-order valence-electron chi connectivity index (χ3n) is 3.49. The van der Waals surface area contributed by atoms with Crippen LogP contribution in [0.25, 0.3) is 0 Å². The Hall–Kier alpha value is -1.59. The van der Waals surface area contributed by atoms with E-state index in [0.717, 1.165) is 24.3 Å².